The minimum Gasteiger partial charge on any atom is -0.480 e. The van der Waals surface area contributed by atoms with Gasteiger partial charge in [-0.1, -0.05) is 19.9 Å². The number of amides is 2. The number of para-hydroxylation sites is 1. The number of rotatable bonds is 5. The molecule has 0 fully saturated rings. The van der Waals surface area contributed by atoms with E-state index >= 15 is 0 Å². The highest BCUT2D eigenvalue weighted by molar-refractivity contribution is 9.10. The van der Waals surface area contributed by atoms with Crippen LogP contribution in [0.3, 0.4) is 0 Å². The number of carbonyl (C=O) groups excluding carboxylic acids is 1. The lowest BCUT2D eigenvalue weighted by molar-refractivity contribution is -0.144. The summed E-state index contributed by atoms with van der Waals surface area (Å²) in [5.41, 5.74) is -1.39. The number of carboxylic acids is 1. The van der Waals surface area contributed by atoms with E-state index in [1.165, 1.54) is 12.1 Å². The molecule has 110 valence electrons. The number of benzene rings is 1. The Balaban J connectivity index is 2.89. The van der Waals surface area contributed by atoms with Gasteiger partial charge in [0.2, 0.25) is 0 Å². The molecule has 0 aliphatic heterocycles. The monoisotopic (exact) mass is 346 g/mol. The van der Waals surface area contributed by atoms with Crippen LogP contribution in [-0.2, 0) is 4.79 Å². The van der Waals surface area contributed by atoms with E-state index in [9.17, 15) is 19.1 Å². The van der Waals surface area contributed by atoms with E-state index in [0.29, 0.717) is 4.47 Å². The number of carboxylic acid groups (broad SMARTS) is 1. The van der Waals surface area contributed by atoms with Crippen molar-refractivity contribution in [3.8, 4) is 0 Å². The van der Waals surface area contributed by atoms with Gasteiger partial charge in [0.1, 0.15) is 11.4 Å². The number of halogens is 2. The molecule has 5 nitrogen and oxygen atoms in total. The number of aliphatic carboxylic acids is 1. The molecule has 0 heterocycles. The summed E-state index contributed by atoms with van der Waals surface area (Å²) in [5, 5.41) is 13.9. The maximum absolute atomic E-state index is 13.6. The molecule has 3 N–H and O–H groups in total. The first-order chi connectivity index (χ1) is 9.36. The van der Waals surface area contributed by atoms with Crippen LogP contribution in [-0.4, -0.2) is 22.6 Å². The molecule has 0 radical (unpaired) electrons. The van der Waals surface area contributed by atoms with Crippen molar-refractivity contribution in [1.29, 1.82) is 0 Å². The van der Waals surface area contributed by atoms with E-state index < -0.39 is 23.4 Å². The second kappa shape index (κ2) is 6.69. The summed E-state index contributed by atoms with van der Waals surface area (Å²) in [6.45, 7) is 3.33. The lowest BCUT2D eigenvalue weighted by Crippen LogP contribution is -2.55. The van der Waals surface area contributed by atoms with Crippen LogP contribution in [0.1, 0.15) is 26.7 Å². The maximum atomic E-state index is 13.6. The Kier molecular flexibility index (Phi) is 5.50. The summed E-state index contributed by atoms with van der Waals surface area (Å²) >= 11 is 3.12. The summed E-state index contributed by atoms with van der Waals surface area (Å²) in [4.78, 5) is 23.2. The number of nitrogens with one attached hydrogen (secondary N) is 2. The molecule has 0 unspecified atom stereocenters. The zero-order chi connectivity index (χ0) is 15.3. The molecule has 1 rings (SSSR count). The summed E-state index contributed by atoms with van der Waals surface area (Å²) in [5.74, 6) is -1.73. The minimum absolute atomic E-state index is 0.0310. The Morgan fingerprint density at radius 3 is 2.40 bits per heavy atom. The summed E-state index contributed by atoms with van der Waals surface area (Å²) in [6.07, 6.45) is 0.454. The topological polar surface area (TPSA) is 78.4 Å². The van der Waals surface area contributed by atoms with Gasteiger partial charge in [0.05, 0.1) is 5.69 Å². The second-order valence-corrected chi connectivity index (χ2v) is 5.12. The highest BCUT2D eigenvalue weighted by Crippen LogP contribution is 2.25. The first-order valence-corrected chi connectivity index (χ1v) is 6.92. The van der Waals surface area contributed by atoms with Crippen LogP contribution in [0.4, 0.5) is 14.9 Å². The van der Waals surface area contributed by atoms with E-state index in [2.05, 4.69) is 26.6 Å². The molecule has 0 saturated heterocycles. The van der Waals surface area contributed by atoms with E-state index in [1.54, 1.807) is 19.9 Å². The van der Waals surface area contributed by atoms with Gasteiger partial charge in [-0.3, -0.25) is 0 Å². The molecule has 0 atom stereocenters. The summed E-state index contributed by atoms with van der Waals surface area (Å²) in [6, 6.07) is 3.50. The van der Waals surface area contributed by atoms with E-state index in [0.717, 1.165) is 0 Å². The van der Waals surface area contributed by atoms with Crippen molar-refractivity contribution in [1.82, 2.24) is 5.32 Å². The second-order valence-electron chi connectivity index (χ2n) is 4.27. The number of hydrogen-bond acceptors (Lipinski definition) is 2. The summed E-state index contributed by atoms with van der Waals surface area (Å²) in [7, 11) is 0. The predicted molar refractivity (Wildman–Crippen MR) is 77.2 cm³/mol. The Morgan fingerprint density at radius 1 is 1.35 bits per heavy atom. The van der Waals surface area contributed by atoms with Crippen molar-refractivity contribution >= 4 is 33.6 Å². The lowest BCUT2D eigenvalue weighted by Gasteiger charge is -2.28. The smallest absolute Gasteiger partial charge is 0.329 e. The Hall–Kier alpha value is -1.63. The van der Waals surface area contributed by atoms with Gasteiger partial charge in [0.25, 0.3) is 0 Å². The largest absolute Gasteiger partial charge is 0.480 e. The fourth-order valence-corrected chi connectivity index (χ4v) is 2.20. The van der Waals surface area contributed by atoms with Gasteiger partial charge in [-0.25, -0.2) is 14.0 Å². The molecule has 0 aliphatic rings. The van der Waals surface area contributed by atoms with Gasteiger partial charge < -0.3 is 15.7 Å². The molecule has 0 spiro atoms. The highest BCUT2D eigenvalue weighted by atomic mass is 79.9. The third-order valence-corrected chi connectivity index (χ3v) is 3.83. The lowest BCUT2D eigenvalue weighted by atomic mass is 9.93. The fraction of sp³-hybridized carbons (Fsp3) is 0.385. The van der Waals surface area contributed by atoms with Gasteiger partial charge >= 0.3 is 12.0 Å². The SMILES string of the molecule is CCC(CC)(NC(=O)Nc1c(F)cccc1Br)C(=O)O. The van der Waals surface area contributed by atoms with E-state index in [4.69, 9.17) is 0 Å². The Morgan fingerprint density at radius 2 is 1.95 bits per heavy atom. The van der Waals surface area contributed by atoms with Crippen molar-refractivity contribution in [2.75, 3.05) is 5.32 Å². The van der Waals surface area contributed by atoms with Crippen molar-refractivity contribution < 1.29 is 19.1 Å². The third kappa shape index (κ3) is 3.47. The molecule has 2 amide bonds. The third-order valence-electron chi connectivity index (χ3n) is 3.17. The van der Waals surface area contributed by atoms with Crippen LogP contribution in [0.2, 0.25) is 0 Å². The van der Waals surface area contributed by atoms with Crippen LogP contribution >= 0.6 is 15.9 Å². The number of urea groups is 1. The van der Waals surface area contributed by atoms with Gasteiger partial charge in [0.15, 0.2) is 0 Å². The van der Waals surface area contributed by atoms with Gasteiger partial charge in [-0.05, 0) is 40.9 Å². The molecule has 0 saturated carbocycles. The number of carbonyl (C=O) groups is 2. The van der Waals surface area contributed by atoms with Gasteiger partial charge in [-0.2, -0.15) is 0 Å². The van der Waals surface area contributed by atoms with Gasteiger partial charge in [0, 0.05) is 4.47 Å². The van der Waals surface area contributed by atoms with Crippen molar-refractivity contribution in [2.45, 2.75) is 32.2 Å². The van der Waals surface area contributed by atoms with Crippen LogP contribution < -0.4 is 10.6 Å². The average Bonchev–Trinajstić information content (AvgIpc) is 2.40. The minimum atomic E-state index is -1.36. The van der Waals surface area contributed by atoms with E-state index in [1.807, 2.05) is 0 Å². The zero-order valence-corrected chi connectivity index (χ0v) is 12.8. The van der Waals surface area contributed by atoms with Crippen molar-refractivity contribution in [3.63, 3.8) is 0 Å². The Bertz CT molecular complexity index is 498. The number of hydrogen-bond donors (Lipinski definition) is 3. The van der Waals surface area contributed by atoms with Crippen LogP contribution in [0.5, 0.6) is 0 Å². The fourth-order valence-electron chi connectivity index (χ4n) is 1.76. The molecular weight excluding hydrogens is 331 g/mol. The van der Waals surface area contributed by atoms with Crippen LogP contribution in [0, 0.1) is 5.82 Å². The van der Waals surface area contributed by atoms with E-state index in [-0.39, 0.29) is 18.5 Å². The molecule has 7 heteroatoms. The molecule has 1 aromatic rings. The molecule has 0 aliphatic carbocycles. The first-order valence-electron chi connectivity index (χ1n) is 6.13. The standard InChI is InChI=1S/C13H16BrFN2O3/c1-3-13(4-2,11(18)19)17-12(20)16-10-8(14)6-5-7-9(10)15/h5-7H,3-4H2,1-2H3,(H,18,19)(H2,16,17,20). The molecule has 0 bridgehead atoms. The first kappa shape index (κ1) is 16.4. The normalized spacial score (nSPS) is 11.0. The molecule has 20 heavy (non-hydrogen) atoms. The van der Waals surface area contributed by atoms with Crippen LogP contribution in [0.25, 0.3) is 0 Å². The summed E-state index contributed by atoms with van der Waals surface area (Å²) < 4.78 is 14.0. The molecule has 1 aromatic carbocycles. The Labute approximate surface area is 124 Å². The van der Waals surface area contributed by atoms with Crippen molar-refractivity contribution in [3.05, 3.63) is 28.5 Å². The number of anilines is 1. The quantitative estimate of drug-likeness (QED) is 0.764. The van der Waals surface area contributed by atoms with Gasteiger partial charge in [-0.15, -0.1) is 0 Å². The maximum Gasteiger partial charge on any atom is 0.329 e. The molecule has 0 aromatic heterocycles. The van der Waals surface area contributed by atoms with Crippen molar-refractivity contribution in [2.24, 2.45) is 0 Å². The highest BCUT2D eigenvalue weighted by Gasteiger charge is 2.36. The zero-order valence-electron chi connectivity index (χ0n) is 11.2. The van der Waals surface area contributed by atoms with Crippen LogP contribution in [0.15, 0.2) is 22.7 Å². The molecular formula is C13H16BrFN2O3. The average molecular weight is 347 g/mol. The predicted octanol–water partition coefficient (Wildman–Crippen LogP) is 3.35.